The Morgan fingerprint density at radius 1 is 0.848 bits per heavy atom. The SMILES string of the molecule is O=C(Cn1nc(-c2ccc3c(c2)OCCO3)ccc1=O)Nc1ccccc1-c1ccccc1. The third kappa shape index (κ3) is 4.48. The molecule has 164 valence electrons. The number of anilines is 1. The number of benzene rings is 3. The van der Waals surface area contributed by atoms with E-state index in [4.69, 9.17) is 9.47 Å². The monoisotopic (exact) mass is 439 g/mol. The maximum Gasteiger partial charge on any atom is 0.267 e. The molecule has 1 N–H and O–H groups in total. The molecule has 7 nitrogen and oxygen atoms in total. The van der Waals surface area contributed by atoms with Crippen molar-refractivity contribution in [1.29, 1.82) is 0 Å². The van der Waals surface area contributed by atoms with Crippen molar-refractivity contribution in [3.8, 4) is 33.9 Å². The highest BCUT2D eigenvalue weighted by atomic mass is 16.6. The van der Waals surface area contributed by atoms with E-state index in [1.54, 1.807) is 6.07 Å². The number of ether oxygens (including phenoxy) is 2. The van der Waals surface area contributed by atoms with Gasteiger partial charge in [-0.2, -0.15) is 5.10 Å². The minimum absolute atomic E-state index is 0.208. The molecule has 33 heavy (non-hydrogen) atoms. The summed E-state index contributed by atoms with van der Waals surface area (Å²) in [5.74, 6) is 0.968. The van der Waals surface area contributed by atoms with Crippen molar-refractivity contribution >= 4 is 11.6 Å². The van der Waals surface area contributed by atoms with Crippen molar-refractivity contribution in [1.82, 2.24) is 9.78 Å². The smallest absolute Gasteiger partial charge is 0.267 e. The fraction of sp³-hybridized carbons (Fsp3) is 0.115. The molecule has 0 saturated heterocycles. The number of carbonyl (C=O) groups is 1. The first-order valence-electron chi connectivity index (χ1n) is 10.6. The summed E-state index contributed by atoms with van der Waals surface area (Å²) in [5.41, 5.74) is 3.53. The molecule has 1 aliphatic heterocycles. The van der Waals surface area contributed by atoms with E-state index >= 15 is 0 Å². The van der Waals surface area contributed by atoms with Crippen molar-refractivity contribution < 1.29 is 14.3 Å². The van der Waals surface area contributed by atoms with Gasteiger partial charge in [0.2, 0.25) is 5.91 Å². The number of hydrogen-bond donors (Lipinski definition) is 1. The van der Waals surface area contributed by atoms with Gasteiger partial charge < -0.3 is 14.8 Å². The summed E-state index contributed by atoms with van der Waals surface area (Å²) < 4.78 is 12.3. The Balaban J connectivity index is 1.37. The number of rotatable bonds is 5. The lowest BCUT2D eigenvalue weighted by molar-refractivity contribution is -0.117. The van der Waals surface area contributed by atoms with Gasteiger partial charge in [0.05, 0.1) is 5.69 Å². The molecule has 0 fully saturated rings. The first-order valence-corrected chi connectivity index (χ1v) is 10.6. The summed E-state index contributed by atoms with van der Waals surface area (Å²) in [4.78, 5) is 25.2. The molecule has 3 aromatic carbocycles. The minimum atomic E-state index is -0.359. The summed E-state index contributed by atoms with van der Waals surface area (Å²) in [6, 6.07) is 25.9. The van der Waals surface area contributed by atoms with E-state index in [-0.39, 0.29) is 18.0 Å². The van der Waals surface area contributed by atoms with Gasteiger partial charge in [-0.25, -0.2) is 4.68 Å². The van der Waals surface area contributed by atoms with E-state index in [1.807, 2.05) is 72.8 Å². The summed E-state index contributed by atoms with van der Waals surface area (Å²) in [6.07, 6.45) is 0. The average Bonchev–Trinajstić information content (AvgIpc) is 2.86. The highest BCUT2D eigenvalue weighted by Gasteiger charge is 2.15. The van der Waals surface area contributed by atoms with Crippen LogP contribution in [-0.2, 0) is 11.3 Å². The molecule has 0 bridgehead atoms. The van der Waals surface area contributed by atoms with Crippen LogP contribution in [0, 0.1) is 0 Å². The van der Waals surface area contributed by atoms with Crippen LogP contribution < -0.4 is 20.3 Å². The van der Waals surface area contributed by atoms with Crippen molar-refractivity contribution in [2.24, 2.45) is 0 Å². The standard InChI is InChI=1S/C26H21N3O4/c30-25(27-22-9-5-4-8-20(22)18-6-2-1-3-7-18)17-29-26(31)13-11-21(28-29)19-10-12-23-24(16-19)33-15-14-32-23/h1-13,16H,14-15,17H2,(H,27,30). The van der Waals surface area contributed by atoms with Gasteiger partial charge in [-0.15, -0.1) is 0 Å². The Morgan fingerprint density at radius 2 is 1.61 bits per heavy atom. The Hall–Kier alpha value is -4.39. The van der Waals surface area contributed by atoms with Crippen LogP contribution in [0.2, 0.25) is 0 Å². The zero-order chi connectivity index (χ0) is 22.6. The lowest BCUT2D eigenvalue weighted by atomic mass is 10.0. The van der Waals surface area contributed by atoms with Crippen LogP contribution in [0.5, 0.6) is 11.5 Å². The summed E-state index contributed by atoms with van der Waals surface area (Å²) in [7, 11) is 0. The first-order chi connectivity index (χ1) is 16.2. The molecule has 1 amide bonds. The predicted molar refractivity (Wildman–Crippen MR) is 125 cm³/mol. The number of amides is 1. The fourth-order valence-corrected chi connectivity index (χ4v) is 3.71. The molecule has 0 atom stereocenters. The highest BCUT2D eigenvalue weighted by molar-refractivity contribution is 5.95. The van der Waals surface area contributed by atoms with Crippen LogP contribution in [0.1, 0.15) is 0 Å². The van der Waals surface area contributed by atoms with Crippen molar-refractivity contribution in [2.45, 2.75) is 6.54 Å². The predicted octanol–water partition coefficient (Wildman–Crippen LogP) is 3.99. The van der Waals surface area contributed by atoms with Gasteiger partial charge >= 0.3 is 0 Å². The van der Waals surface area contributed by atoms with Crippen LogP contribution in [-0.4, -0.2) is 28.9 Å². The van der Waals surface area contributed by atoms with E-state index in [0.29, 0.717) is 36.1 Å². The molecule has 0 spiro atoms. The van der Waals surface area contributed by atoms with E-state index in [2.05, 4.69) is 10.4 Å². The van der Waals surface area contributed by atoms with Gasteiger partial charge in [0.1, 0.15) is 19.8 Å². The quantitative estimate of drug-likeness (QED) is 0.509. The lowest BCUT2D eigenvalue weighted by Crippen LogP contribution is -2.29. The van der Waals surface area contributed by atoms with Crippen LogP contribution in [0.15, 0.2) is 89.7 Å². The molecule has 0 aliphatic carbocycles. The summed E-state index contributed by atoms with van der Waals surface area (Å²) >= 11 is 0. The fourth-order valence-electron chi connectivity index (χ4n) is 3.71. The number of aromatic nitrogens is 2. The second kappa shape index (κ2) is 9.00. The van der Waals surface area contributed by atoms with Gasteiger partial charge in [-0.05, 0) is 35.9 Å². The maximum absolute atomic E-state index is 12.8. The molecular formula is C26H21N3O4. The largest absolute Gasteiger partial charge is 0.486 e. The van der Waals surface area contributed by atoms with E-state index < -0.39 is 0 Å². The number of carbonyl (C=O) groups excluding carboxylic acids is 1. The average molecular weight is 439 g/mol. The lowest BCUT2D eigenvalue weighted by Gasteiger charge is -2.18. The number of nitrogens with one attached hydrogen (secondary N) is 1. The zero-order valence-corrected chi connectivity index (χ0v) is 17.7. The third-order valence-electron chi connectivity index (χ3n) is 5.28. The molecule has 0 saturated carbocycles. The normalized spacial score (nSPS) is 12.2. The van der Waals surface area contributed by atoms with Crippen LogP contribution in [0.3, 0.4) is 0 Å². The number of nitrogens with zero attached hydrogens (tertiary/aromatic N) is 2. The van der Waals surface area contributed by atoms with Gasteiger partial charge in [-0.1, -0.05) is 48.5 Å². The van der Waals surface area contributed by atoms with Gasteiger partial charge in [0, 0.05) is 22.9 Å². The van der Waals surface area contributed by atoms with Crippen molar-refractivity contribution in [3.63, 3.8) is 0 Å². The van der Waals surface area contributed by atoms with E-state index in [9.17, 15) is 9.59 Å². The third-order valence-corrected chi connectivity index (χ3v) is 5.28. The molecular weight excluding hydrogens is 418 g/mol. The zero-order valence-electron chi connectivity index (χ0n) is 17.7. The first kappa shape index (κ1) is 20.5. The molecule has 2 heterocycles. The van der Waals surface area contributed by atoms with Crippen LogP contribution in [0.4, 0.5) is 5.69 Å². The number of para-hydroxylation sites is 1. The second-order valence-electron chi connectivity index (χ2n) is 7.53. The summed E-state index contributed by atoms with van der Waals surface area (Å²) in [6.45, 7) is 0.784. The molecule has 7 heteroatoms. The highest BCUT2D eigenvalue weighted by Crippen LogP contribution is 2.33. The Kier molecular flexibility index (Phi) is 5.59. The van der Waals surface area contributed by atoms with E-state index in [1.165, 1.54) is 6.07 Å². The minimum Gasteiger partial charge on any atom is -0.486 e. The Morgan fingerprint density at radius 3 is 2.45 bits per heavy atom. The number of hydrogen-bond acceptors (Lipinski definition) is 5. The van der Waals surface area contributed by atoms with Gasteiger partial charge in [0.15, 0.2) is 11.5 Å². The molecule has 1 aliphatic rings. The van der Waals surface area contributed by atoms with Crippen molar-refractivity contribution in [3.05, 3.63) is 95.3 Å². The molecule has 0 unspecified atom stereocenters. The second-order valence-corrected chi connectivity index (χ2v) is 7.53. The molecule has 1 aromatic heterocycles. The van der Waals surface area contributed by atoms with Crippen LogP contribution >= 0.6 is 0 Å². The molecule has 5 rings (SSSR count). The van der Waals surface area contributed by atoms with E-state index in [0.717, 1.165) is 21.4 Å². The van der Waals surface area contributed by atoms with Crippen molar-refractivity contribution in [2.75, 3.05) is 18.5 Å². The maximum atomic E-state index is 12.8. The molecule has 0 radical (unpaired) electrons. The van der Waals surface area contributed by atoms with Gasteiger partial charge in [-0.3, -0.25) is 9.59 Å². The Bertz CT molecular complexity index is 1370. The Labute approximate surface area is 190 Å². The summed E-state index contributed by atoms with van der Waals surface area (Å²) in [5, 5.41) is 7.31. The topological polar surface area (TPSA) is 82.5 Å². The van der Waals surface area contributed by atoms with Crippen LogP contribution in [0.25, 0.3) is 22.4 Å². The number of fused-ring (bicyclic) bond motifs is 1. The van der Waals surface area contributed by atoms with Gasteiger partial charge in [0.25, 0.3) is 5.56 Å². The molecule has 4 aromatic rings.